The molecule has 1 saturated carbocycles. The third kappa shape index (κ3) is 3.19. The molecule has 1 amide bonds. The summed E-state index contributed by atoms with van der Waals surface area (Å²) in [6.07, 6.45) is 12.0. The minimum atomic E-state index is -0.122. The van der Waals surface area contributed by atoms with Gasteiger partial charge in [-0.15, -0.1) is 0 Å². The molecule has 1 aliphatic carbocycles. The van der Waals surface area contributed by atoms with Crippen LogP contribution in [0.4, 0.5) is 0 Å². The van der Waals surface area contributed by atoms with Crippen molar-refractivity contribution >= 4 is 5.91 Å². The Morgan fingerprint density at radius 3 is 2.71 bits per heavy atom. The Kier molecular flexibility index (Phi) is 4.18. The quantitative estimate of drug-likeness (QED) is 0.733. The highest BCUT2D eigenvalue weighted by Crippen LogP contribution is 2.46. The Labute approximate surface area is 162 Å². The molecule has 0 aromatic carbocycles. The lowest BCUT2D eigenvalue weighted by Crippen LogP contribution is -2.46. The number of H-pyrrole nitrogens is 1. The molecule has 1 N–H and O–H groups in total. The van der Waals surface area contributed by atoms with Gasteiger partial charge in [0.1, 0.15) is 0 Å². The van der Waals surface area contributed by atoms with Crippen LogP contribution in [0.25, 0.3) is 11.5 Å². The first-order valence-electron chi connectivity index (χ1n) is 9.76. The molecule has 1 aliphatic heterocycles. The van der Waals surface area contributed by atoms with Gasteiger partial charge in [0, 0.05) is 42.7 Å². The lowest BCUT2D eigenvalue weighted by Gasteiger charge is -2.40. The number of amides is 1. The number of nitrogens with one attached hydrogen (secondary N) is 1. The minimum absolute atomic E-state index is 0.0272. The second kappa shape index (κ2) is 6.85. The maximum Gasteiger partial charge on any atom is 0.258 e. The Balaban J connectivity index is 1.37. The molecule has 3 aromatic rings. The molecule has 1 saturated heterocycles. The zero-order valence-corrected chi connectivity index (χ0v) is 15.5. The summed E-state index contributed by atoms with van der Waals surface area (Å²) in [6.45, 7) is 1.38. The van der Waals surface area contributed by atoms with E-state index in [0.717, 1.165) is 36.6 Å². The van der Waals surface area contributed by atoms with Gasteiger partial charge in [-0.05, 0) is 37.3 Å². The van der Waals surface area contributed by atoms with Gasteiger partial charge in [0.25, 0.3) is 11.8 Å². The number of hydrogen-bond acceptors (Lipinski definition) is 6. The maximum absolute atomic E-state index is 12.6. The molecule has 0 spiro atoms. The number of pyridine rings is 1. The summed E-state index contributed by atoms with van der Waals surface area (Å²) in [5, 5.41) is 11.0. The van der Waals surface area contributed by atoms with E-state index in [0.29, 0.717) is 24.5 Å². The number of aromatic amines is 1. The highest BCUT2D eigenvalue weighted by Gasteiger charge is 2.44. The lowest BCUT2D eigenvalue weighted by molar-refractivity contribution is 0.0645. The first-order valence-corrected chi connectivity index (χ1v) is 9.76. The van der Waals surface area contributed by atoms with E-state index in [9.17, 15) is 4.79 Å². The Bertz CT molecular complexity index is 940. The van der Waals surface area contributed by atoms with Crippen molar-refractivity contribution in [3.63, 3.8) is 0 Å². The molecule has 8 heteroatoms. The van der Waals surface area contributed by atoms with Crippen molar-refractivity contribution in [2.75, 3.05) is 13.1 Å². The van der Waals surface area contributed by atoms with Crippen molar-refractivity contribution in [1.29, 1.82) is 0 Å². The second-order valence-corrected chi connectivity index (χ2v) is 7.87. The number of rotatable bonds is 5. The second-order valence-electron chi connectivity index (χ2n) is 7.87. The van der Waals surface area contributed by atoms with Crippen LogP contribution in [0.2, 0.25) is 0 Å². The fourth-order valence-corrected chi connectivity index (χ4v) is 4.13. The molecule has 28 heavy (non-hydrogen) atoms. The fourth-order valence-electron chi connectivity index (χ4n) is 4.13. The number of hydrogen-bond donors (Lipinski definition) is 1. The molecule has 2 fully saturated rings. The summed E-state index contributed by atoms with van der Waals surface area (Å²) < 4.78 is 5.58. The zero-order valence-electron chi connectivity index (χ0n) is 15.5. The van der Waals surface area contributed by atoms with Crippen LogP contribution in [0.5, 0.6) is 0 Å². The fraction of sp³-hybridized carbons (Fsp3) is 0.450. The van der Waals surface area contributed by atoms with Crippen LogP contribution in [-0.4, -0.2) is 49.2 Å². The van der Waals surface area contributed by atoms with Crippen molar-refractivity contribution < 1.29 is 9.32 Å². The molecule has 5 rings (SSSR count). The van der Waals surface area contributed by atoms with Gasteiger partial charge in [0.2, 0.25) is 0 Å². The average molecular weight is 378 g/mol. The molecule has 0 unspecified atom stereocenters. The van der Waals surface area contributed by atoms with Gasteiger partial charge in [-0.2, -0.15) is 10.1 Å². The molecule has 0 bridgehead atoms. The standard InChI is InChI=1S/C20H22N6O2/c27-18(16-12-22-23-13-16)26-9-5-20(6-10-26,11-14-1-2-14)19-24-17(28-25-19)15-3-7-21-8-4-15/h3-4,7-8,12-14H,1-2,5-6,9-11H2,(H,22,23). The van der Waals surface area contributed by atoms with Crippen LogP contribution in [0.3, 0.4) is 0 Å². The third-order valence-corrected chi connectivity index (χ3v) is 5.96. The van der Waals surface area contributed by atoms with Gasteiger partial charge < -0.3 is 9.42 Å². The number of carbonyl (C=O) groups is 1. The van der Waals surface area contributed by atoms with E-state index in [2.05, 4.69) is 20.3 Å². The molecule has 0 radical (unpaired) electrons. The summed E-state index contributed by atoms with van der Waals surface area (Å²) in [5.41, 5.74) is 1.36. The highest BCUT2D eigenvalue weighted by atomic mass is 16.5. The molecule has 3 aromatic heterocycles. The summed E-state index contributed by atoms with van der Waals surface area (Å²) in [6, 6.07) is 3.74. The number of carbonyl (C=O) groups excluding carboxylic acids is 1. The molecule has 8 nitrogen and oxygen atoms in total. The molecular weight excluding hydrogens is 356 g/mol. The highest BCUT2D eigenvalue weighted by molar-refractivity contribution is 5.93. The van der Waals surface area contributed by atoms with Crippen molar-refractivity contribution in [2.45, 2.75) is 37.5 Å². The molecule has 4 heterocycles. The summed E-state index contributed by atoms with van der Waals surface area (Å²) in [7, 11) is 0. The van der Waals surface area contributed by atoms with E-state index < -0.39 is 0 Å². The van der Waals surface area contributed by atoms with E-state index in [4.69, 9.17) is 9.51 Å². The van der Waals surface area contributed by atoms with Crippen LogP contribution in [-0.2, 0) is 5.41 Å². The van der Waals surface area contributed by atoms with Gasteiger partial charge >= 0.3 is 0 Å². The Hall–Kier alpha value is -3.03. The summed E-state index contributed by atoms with van der Waals surface area (Å²) in [5.74, 6) is 2.07. The minimum Gasteiger partial charge on any atom is -0.338 e. The van der Waals surface area contributed by atoms with Gasteiger partial charge in [-0.25, -0.2) is 0 Å². The zero-order chi connectivity index (χ0) is 19.0. The number of nitrogens with zero attached hydrogens (tertiary/aromatic N) is 5. The van der Waals surface area contributed by atoms with Crippen molar-refractivity contribution in [2.24, 2.45) is 5.92 Å². The van der Waals surface area contributed by atoms with E-state index in [1.54, 1.807) is 24.8 Å². The predicted octanol–water partition coefficient (Wildman–Crippen LogP) is 2.83. The van der Waals surface area contributed by atoms with Gasteiger partial charge in [-0.3, -0.25) is 14.9 Å². The monoisotopic (exact) mass is 378 g/mol. The predicted molar refractivity (Wildman–Crippen MR) is 100 cm³/mol. The number of likely N-dealkylation sites (tertiary alicyclic amines) is 1. The maximum atomic E-state index is 12.6. The van der Waals surface area contributed by atoms with E-state index in [1.165, 1.54) is 12.8 Å². The first-order chi connectivity index (χ1) is 13.7. The Morgan fingerprint density at radius 1 is 1.25 bits per heavy atom. The smallest absolute Gasteiger partial charge is 0.258 e. The van der Waals surface area contributed by atoms with Crippen LogP contribution in [0, 0.1) is 5.92 Å². The first kappa shape index (κ1) is 17.1. The van der Waals surface area contributed by atoms with E-state index >= 15 is 0 Å². The van der Waals surface area contributed by atoms with Crippen molar-refractivity contribution in [3.8, 4) is 11.5 Å². The van der Waals surface area contributed by atoms with Crippen molar-refractivity contribution in [1.82, 2.24) is 30.2 Å². The van der Waals surface area contributed by atoms with Crippen LogP contribution in [0.1, 0.15) is 48.3 Å². The molecule has 144 valence electrons. The largest absolute Gasteiger partial charge is 0.338 e. The average Bonchev–Trinajstić information content (AvgIpc) is 3.21. The molecule has 2 aliphatic rings. The molecular formula is C20H22N6O2. The van der Waals surface area contributed by atoms with Crippen LogP contribution in [0.15, 0.2) is 41.4 Å². The lowest BCUT2D eigenvalue weighted by atomic mass is 9.73. The topological polar surface area (TPSA) is 101 Å². The normalized spacial score (nSPS) is 18.9. The van der Waals surface area contributed by atoms with E-state index in [-0.39, 0.29) is 11.3 Å². The van der Waals surface area contributed by atoms with Crippen LogP contribution < -0.4 is 0 Å². The van der Waals surface area contributed by atoms with Gasteiger partial charge in [0.15, 0.2) is 5.82 Å². The van der Waals surface area contributed by atoms with E-state index in [1.807, 2.05) is 17.0 Å². The van der Waals surface area contributed by atoms with Gasteiger partial charge in [0.05, 0.1) is 11.8 Å². The SMILES string of the molecule is O=C(c1cn[nH]c1)N1CCC(CC2CC2)(c2noc(-c3ccncc3)n2)CC1. The number of aromatic nitrogens is 5. The summed E-state index contributed by atoms with van der Waals surface area (Å²) >= 11 is 0. The molecule has 0 atom stereocenters. The van der Waals surface area contributed by atoms with Gasteiger partial charge in [-0.1, -0.05) is 18.0 Å². The summed E-state index contributed by atoms with van der Waals surface area (Å²) in [4.78, 5) is 23.3. The van der Waals surface area contributed by atoms with Crippen LogP contribution >= 0.6 is 0 Å². The number of piperidine rings is 1. The third-order valence-electron chi connectivity index (χ3n) is 5.96. The Morgan fingerprint density at radius 2 is 2.04 bits per heavy atom. The van der Waals surface area contributed by atoms with Crippen molar-refractivity contribution in [3.05, 3.63) is 48.3 Å².